The third-order valence-electron chi connectivity index (χ3n) is 11.3. The van der Waals surface area contributed by atoms with E-state index in [4.69, 9.17) is 31.0 Å². The van der Waals surface area contributed by atoms with Crippen molar-refractivity contribution in [1.29, 1.82) is 0 Å². The quantitative estimate of drug-likeness (QED) is 0.0575. The lowest BCUT2D eigenvalue weighted by Crippen LogP contribution is -2.50. The monoisotopic (exact) mass is 824 g/mol. The fourth-order valence-corrected chi connectivity index (χ4v) is 7.74. The molecule has 15 heteroatoms. The summed E-state index contributed by atoms with van der Waals surface area (Å²) in [5, 5.41) is 14.0. The second-order valence-corrected chi connectivity index (χ2v) is 17.0. The van der Waals surface area contributed by atoms with Gasteiger partial charge >= 0.3 is 12.2 Å². The van der Waals surface area contributed by atoms with E-state index in [1.165, 1.54) is 14.2 Å². The number of nitrogens with one attached hydrogen (secondary N) is 6. The number of methoxy groups -OCH3 is 2. The van der Waals surface area contributed by atoms with Crippen molar-refractivity contribution < 1.29 is 28.7 Å². The van der Waals surface area contributed by atoms with Gasteiger partial charge in [0, 0.05) is 5.56 Å². The Balaban J connectivity index is 1.09. The van der Waals surface area contributed by atoms with E-state index < -0.39 is 30.3 Å². The Bertz CT molecular complexity index is 2350. The molecule has 59 heavy (non-hydrogen) atoms. The number of nitrogens with zero attached hydrogens (tertiary/aromatic N) is 2. The van der Waals surface area contributed by atoms with Crippen LogP contribution in [0.4, 0.5) is 9.59 Å². The Morgan fingerprint density at radius 3 is 1.64 bits per heavy atom. The summed E-state index contributed by atoms with van der Waals surface area (Å²) >= 11 is 6.79. The molecule has 14 nitrogen and oxygen atoms in total. The molecule has 0 unspecified atom stereocenters. The molecule has 2 saturated carbocycles. The third-order valence-corrected chi connectivity index (χ3v) is 11.5. The van der Waals surface area contributed by atoms with Gasteiger partial charge in [-0.3, -0.25) is 9.59 Å². The third kappa shape index (κ3) is 9.98. The molecule has 3 aromatic carbocycles. The molecule has 0 radical (unpaired) electrons. The molecule has 2 aliphatic rings. The van der Waals surface area contributed by atoms with Crippen LogP contribution in [-0.2, 0) is 19.1 Å². The molecule has 7 rings (SSSR count). The molecule has 4 amide bonds. The molecule has 2 fully saturated rings. The van der Waals surface area contributed by atoms with Crippen molar-refractivity contribution in [2.75, 3.05) is 14.2 Å². The molecule has 5 aromatic rings. The maximum absolute atomic E-state index is 13.4. The zero-order chi connectivity index (χ0) is 42.0. The van der Waals surface area contributed by atoms with Gasteiger partial charge in [0.15, 0.2) is 0 Å². The van der Waals surface area contributed by atoms with Crippen LogP contribution in [-0.4, -0.2) is 70.2 Å². The Labute approximate surface area is 348 Å². The predicted octanol–water partition coefficient (Wildman–Crippen LogP) is 8.10. The second kappa shape index (κ2) is 17.7. The number of alkyl carbamates (subject to hydrolysis) is 2. The van der Waals surface area contributed by atoms with Crippen LogP contribution in [0.25, 0.3) is 44.2 Å². The van der Waals surface area contributed by atoms with Crippen molar-refractivity contribution in [1.82, 2.24) is 41.2 Å². The molecule has 2 aromatic heterocycles. The van der Waals surface area contributed by atoms with Gasteiger partial charge in [-0.1, -0.05) is 95.3 Å². The summed E-state index contributed by atoms with van der Waals surface area (Å²) in [5.41, 5.74) is 5.11. The molecule has 0 aliphatic heterocycles. The van der Waals surface area contributed by atoms with E-state index >= 15 is 0 Å². The molecule has 6 N–H and O–H groups in total. The van der Waals surface area contributed by atoms with Gasteiger partial charge in [-0.2, -0.15) is 0 Å². The van der Waals surface area contributed by atoms with Crippen LogP contribution >= 0.6 is 11.6 Å². The maximum Gasteiger partial charge on any atom is 0.407 e. The zero-order valence-corrected chi connectivity index (χ0v) is 35.0. The lowest BCUT2D eigenvalue weighted by Gasteiger charge is -2.24. The number of ether oxygens (including phenoxy) is 2. The lowest BCUT2D eigenvalue weighted by atomic mass is 9.99. The summed E-state index contributed by atoms with van der Waals surface area (Å²) in [7, 11) is 2.55. The van der Waals surface area contributed by atoms with E-state index in [1.54, 1.807) is 0 Å². The van der Waals surface area contributed by atoms with Crippen LogP contribution < -0.4 is 21.3 Å². The second-order valence-electron chi connectivity index (χ2n) is 16.6. The first kappa shape index (κ1) is 41.5. The highest BCUT2D eigenvalue weighted by Crippen LogP contribution is 2.40. The number of hydrogen-bond acceptors (Lipinski definition) is 8. The first-order valence-corrected chi connectivity index (χ1v) is 20.8. The number of H-pyrrole nitrogens is 2. The number of rotatable bonds is 16. The Kier molecular flexibility index (Phi) is 12.5. The van der Waals surface area contributed by atoms with Gasteiger partial charge in [0.05, 0.1) is 37.3 Å². The maximum atomic E-state index is 13.4. The van der Waals surface area contributed by atoms with E-state index in [0.29, 0.717) is 40.8 Å². The molecule has 4 atom stereocenters. The SMILES string of the molecule is COC(=O)N[C@H](C(=O)N[C@@H](CC1CC1)c1nc(-c2ccc3cc(-c4ccc5nc([C@H](CC6CC6)NC(=O)[C@@H](NC(=O)OC)C(C)C)[nH]c5c4)ccc3c2)c(Cl)[nH]1)C(C)C. The van der Waals surface area contributed by atoms with Crippen LogP contribution in [0.15, 0.2) is 54.6 Å². The van der Waals surface area contributed by atoms with Crippen molar-refractivity contribution in [3.05, 3.63) is 71.4 Å². The number of benzene rings is 3. The summed E-state index contributed by atoms with van der Waals surface area (Å²) in [4.78, 5) is 67.3. The largest absolute Gasteiger partial charge is 0.453 e. The lowest BCUT2D eigenvalue weighted by molar-refractivity contribution is -0.125. The van der Waals surface area contributed by atoms with Gasteiger partial charge in [-0.15, -0.1) is 0 Å². The highest BCUT2D eigenvalue weighted by Gasteiger charge is 2.34. The van der Waals surface area contributed by atoms with Crippen LogP contribution in [0, 0.1) is 23.7 Å². The molecule has 0 saturated heterocycles. The molecule has 0 spiro atoms. The average Bonchev–Trinajstić information content (AvgIpc) is 4.14. The number of aromatic amines is 2. The van der Waals surface area contributed by atoms with E-state index in [-0.39, 0.29) is 29.7 Å². The summed E-state index contributed by atoms with van der Waals surface area (Å²) in [6.07, 6.45) is 4.55. The first-order valence-electron chi connectivity index (χ1n) is 20.4. The van der Waals surface area contributed by atoms with Crippen molar-refractivity contribution >= 4 is 57.4 Å². The number of fused-ring (bicyclic) bond motifs is 2. The summed E-state index contributed by atoms with van der Waals surface area (Å²) in [6.45, 7) is 7.48. The number of carbonyl (C=O) groups excluding carboxylic acids is 4. The van der Waals surface area contributed by atoms with E-state index in [2.05, 4.69) is 61.6 Å². The van der Waals surface area contributed by atoms with Gasteiger partial charge in [-0.05, 0) is 82.7 Å². The highest BCUT2D eigenvalue weighted by molar-refractivity contribution is 6.32. The van der Waals surface area contributed by atoms with Gasteiger partial charge in [0.1, 0.15) is 34.6 Å². The van der Waals surface area contributed by atoms with E-state index in [0.717, 1.165) is 70.6 Å². The zero-order valence-electron chi connectivity index (χ0n) is 34.3. The average molecular weight is 825 g/mol. The minimum absolute atomic E-state index is 0.142. The van der Waals surface area contributed by atoms with Gasteiger partial charge in [0.2, 0.25) is 11.8 Å². The van der Waals surface area contributed by atoms with Crippen LogP contribution in [0.1, 0.15) is 90.0 Å². The number of aromatic nitrogens is 4. The molecule has 2 aliphatic carbocycles. The van der Waals surface area contributed by atoms with Crippen molar-refractivity contribution in [2.45, 2.75) is 90.4 Å². The molecular weight excluding hydrogens is 772 g/mol. The number of amides is 4. The van der Waals surface area contributed by atoms with Crippen LogP contribution in [0.2, 0.25) is 5.15 Å². The topological polar surface area (TPSA) is 192 Å². The van der Waals surface area contributed by atoms with E-state index in [9.17, 15) is 19.2 Å². The van der Waals surface area contributed by atoms with Crippen LogP contribution in [0.3, 0.4) is 0 Å². The fraction of sp³-hybridized carbons (Fsp3) is 0.455. The van der Waals surface area contributed by atoms with Gasteiger partial charge < -0.3 is 40.7 Å². The highest BCUT2D eigenvalue weighted by atomic mass is 35.5. The standard InChI is InChI=1S/C44H53ClN8O6/c1-22(2)35(51-43(56)58-5)41(54)48-33(17-24-7-8-24)39-46-31-16-15-29(21-32(31)47-39)27-11-12-28-20-30(14-13-26(28)19-27)37-38(45)53-40(50-37)34(18-25-9-10-25)49-42(55)36(23(3)4)52-44(57)59-6/h11-16,19-25,33-36H,7-10,17-18H2,1-6H3,(H,46,47)(H,48,54)(H,49,55)(H,50,53)(H,51,56)(H,52,57)/t33-,34-,35-,36-/m0/s1. The number of halogens is 1. The first-order chi connectivity index (χ1) is 28.3. The molecular formula is C44H53ClN8O6. The predicted molar refractivity (Wildman–Crippen MR) is 226 cm³/mol. The number of carbonyl (C=O) groups is 4. The smallest absolute Gasteiger partial charge is 0.407 e. The van der Waals surface area contributed by atoms with Crippen molar-refractivity contribution in [3.8, 4) is 22.4 Å². The van der Waals surface area contributed by atoms with E-state index in [1.807, 2.05) is 52.0 Å². The van der Waals surface area contributed by atoms with Crippen molar-refractivity contribution in [3.63, 3.8) is 0 Å². The number of imidazole rings is 2. The fourth-order valence-electron chi connectivity index (χ4n) is 7.49. The summed E-state index contributed by atoms with van der Waals surface area (Å²) in [6, 6.07) is 16.2. The summed E-state index contributed by atoms with van der Waals surface area (Å²) in [5.74, 6) is 1.34. The normalized spacial score (nSPS) is 16.1. The Morgan fingerprint density at radius 1 is 0.661 bits per heavy atom. The minimum Gasteiger partial charge on any atom is -0.453 e. The number of hydrogen-bond donors (Lipinski definition) is 6. The molecule has 0 bridgehead atoms. The van der Waals surface area contributed by atoms with Crippen LogP contribution in [0.5, 0.6) is 0 Å². The molecule has 2 heterocycles. The minimum atomic E-state index is -0.774. The Morgan fingerprint density at radius 2 is 1.14 bits per heavy atom. The van der Waals surface area contributed by atoms with Gasteiger partial charge in [0.25, 0.3) is 0 Å². The Hall–Kier alpha value is -5.63. The molecule has 312 valence electrons. The van der Waals surface area contributed by atoms with Crippen molar-refractivity contribution in [2.24, 2.45) is 23.7 Å². The van der Waals surface area contributed by atoms with Gasteiger partial charge in [-0.25, -0.2) is 19.6 Å². The summed E-state index contributed by atoms with van der Waals surface area (Å²) < 4.78 is 9.50.